The fourth-order valence-corrected chi connectivity index (χ4v) is 7.31. The molecule has 1 spiro atoms. The van der Waals surface area contributed by atoms with Gasteiger partial charge in [-0.05, 0) is 48.6 Å². The summed E-state index contributed by atoms with van der Waals surface area (Å²) in [6.45, 7) is 3.58. The minimum absolute atomic E-state index is 0.0244. The summed E-state index contributed by atoms with van der Waals surface area (Å²) in [6.07, 6.45) is 8.73. The van der Waals surface area contributed by atoms with Gasteiger partial charge in [-0.25, -0.2) is 0 Å². The number of aliphatic hydroxyl groups excluding tert-OH is 1. The molecule has 196 valence electrons. The van der Waals surface area contributed by atoms with Crippen LogP contribution in [0.4, 0.5) is 0 Å². The maximum atomic E-state index is 13.7. The van der Waals surface area contributed by atoms with Crippen LogP contribution in [0.1, 0.15) is 55.1 Å². The Hall–Kier alpha value is -2.90. The van der Waals surface area contributed by atoms with Crippen molar-refractivity contribution in [1.82, 2.24) is 19.4 Å². The van der Waals surface area contributed by atoms with E-state index in [-0.39, 0.29) is 30.4 Å². The van der Waals surface area contributed by atoms with Gasteiger partial charge in [0.1, 0.15) is 5.75 Å². The molecule has 37 heavy (non-hydrogen) atoms. The summed E-state index contributed by atoms with van der Waals surface area (Å²) >= 11 is 0. The predicted octanol–water partition coefficient (Wildman–Crippen LogP) is 3.83. The van der Waals surface area contributed by atoms with Crippen molar-refractivity contribution in [1.29, 1.82) is 0 Å². The zero-order chi connectivity index (χ0) is 25.6. The molecule has 1 aliphatic carbocycles. The van der Waals surface area contributed by atoms with Gasteiger partial charge in [0.2, 0.25) is 5.91 Å². The summed E-state index contributed by atoms with van der Waals surface area (Å²) in [5.74, 6) is 1.63. The normalized spacial score (nSPS) is 21.7. The van der Waals surface area contributed by atoms with Crippen molar-refractivity contribution in [3.8, 4) is 5.75 Å². The van der Waals surface area contributed by atoms with Crippen LogP contribution in [0.15, 0.2) is 42.6 Å². The van der Waals surface area contributed by atoms with Gasteiger partial charge in [-0.3, -0.25) is 9.78 Å². The molecule has 0 bridgehead atoms. The number of aromatic nitrogens is 2. The van der Waals surface area contributed by atoms with E-state index < -0.39 is 0 Å². The molecule has 3 aromatic rings. The Balaban J connectivity index is 1.38. The molecule has 2 aliphatic heterocycles. The molecule has 4 heterocycles. The highest BCUT2D eigenvalue weighted by Gasteiger charge is 2.54. The standard InChI is InChI=1S/C30H38N4O3/c1-32-25-15-23(37-2)11-12-24(25)28-29(32)26(17-35)34(27(36)14-22-10-6-7-13-31-22)20-30(28)18-33(19-30)16-21-8-4-3-5-9-21/h6-7,10-13,15,21,26,35H,3-5,8-9,14,16-20H2,1-2H3/t26-/m0/s1. The smallest absolute Gasteiger partial charge is 0.229 e. The second-order valence-electron chi connectivity index (χ2n) is 11.4. The van der Waals surface area contributed by atoms with Crippen LogP contribution in [0.3, 0.4) is 0 Å². The quantitative estimate of drug-likeness (QED) is 0.555. The number of hydrogen-bond donors (Lipinski definition) is 1. The number of likely N-dealkylation sites (tertiary alicyclic amines) is 1. The summed E-state index contributed by atoms with van der Waals surface area (Å²) in [5.41, 5.74) is 4.09. The van der Waals surface area contributed by atoms with Gasteiger partial charge in [-0.2, -0.15) is 0 Å². The summed E-state index contributed by atoms with van der Waals surface area (Å²) < 4.78 is 7.72. The first-order valence-corrected chi connectivity index (χ1v) is 13.7. The first-order chi connectivity index (χ1) is 18.0. The van der Waals surface area contributed by atoms with E-state index >= 15 is 0 Å². The third-order valence-corrected chi connectivity index (χ3v) is 8.99. The molecule has 1 N–H and O–H groups in total. The summed E-state index contributed by atoms with van der Waals surface area (Å²) in [6, 6.07) is 11.6. The number of aliphatic hydroxyl groups is 1. The van der Waals surface area contributed by atoms with Crippen molar-refractivity contribution >= 4 is 16.8 Å². The lowest BCUT2D eigenvalue weighted by atomic mass is 9.68. The predicted molar refractivity (Wildman–Crippen MR) is 144 cm³/mol. The highest BCUT2D eigenvalue weighted by molar-refractivity contribution is 5.90. The molecule has 6 rings (SSSR count). The molecular weight excluding hydrogens is 464 g/mol. The van der Waals surface area contributed by atoms with Crippen molar-refractivity contribution in [2.45, 2.75) is 50.0 Å². The number of benzene rings is 1. The molecule has 0 unspecified atom stereocenters. The van der Waals surface area contributed by atoms with Gasteiger partial charge in [-0.15, -0.1) is 0 Å². The summed E-state index contributed by atoms with van der Waals surface area (Å²) in [7, 11) is 3.75. The van der Waals surface area contributed by atoms with Crippen molar-refractivity contribution in [2.75, 3.05) is 39.9 Å². The maximum absolute atomic E-state index is 13.7. The van der Waals surface area contributed by atoms with Gasteiger partial charge in [0.05, 0.1) is 31.7 Å². The summed E-state index contributed by atoms with van der Waals surface area (Å²) in [4.78, 5) is 22.7. The monoisotopic (exact) mass is 502 g/mol. The zero-order valence-corrected chi connectivity index (χ0v) is 22.0. The van der Waals surface area contributed by atoms with E-state index in [0.29, 0.717) is 6.54 Å². The number of rotatable bonds is 6. The molecule has 3 aliphatic rings. The van der Waals surface area contributed by atoms with Crippen LogP contribution < -0.4 is 4.74 Å². The van der Waals surface area contributed by atoms with Crippen LogP contribution in [0, 0.1) is 5.92 Å². The Kier molecular flexibility index (Phi) is 6.45. The number of aryl methyl sites for hydroxylation is 1. The first kappa shape index (κ1) is 24.4. The highest BCUT2D eigenvalue weighted by atomic mass is 16.5. The topological polar surface area (TPSA) is 70.8 Å². The van der Waals surface area contributed by atoms with Gasteiger partial charge in [0.15, 0.2) is 0 Å². The summed E-state index contributed by atoms with van der Waals surface area (Å²) in [5, 5.41) is 11.9. The fraction of sp³-hybridized carbons (Fsp3) is 0.533. The van der Waals surface area contributed by atoms with Gasteiger partial charge >= 0.3 is 0 Å². The zero-order valence-electron chi connectivity index (χ0n) is 22.0. The fourth-order valence-electron chi connectivity index (χ4n) is 7.31. The van der Waals surface area contributed by atoms with E-state index in [2.05, 4.69) is 33.6 Å². The Morgan fingerprint density at radius 3 is 2.65 bits per heavy atom. The van der Waals surface area contributed by atoms with E-state index in [1.165, 1.54) is 43.1 Å². The minimum atomic E-state index is -0.382. The molecule has 2 fully saturated rings. The second kappa shape index (κ2) is 9.76. The van der Waals surface area contributed by atoms with Crippen molar-refractivity contribution in [3.63, 3.8) is 0 Å². The van der Waals surface area contributed by atoms with E-state index in [1.807, 2.05) is 29.2 Å². The number of carbonyl (C=O) groups is 1. The Morgan fingerprint density at radius 2 is 1.95 bits per heavy atom. The molecule has 0 radical (unpaired) electrons. The van der Waals surface area contributed by atoms with Crippen molar-refractivity contribution < 1.29 is 14.6 Å². The van der Waals surface area contributed by atoms with Crippen LogP contribution in [0.5, 0.6) is 5.75 Å². The van der Waals surface area contributed by atoms with Crippen LogP contribution in [0.2, 0.25) is 0 Å². The minimum Gasteiger partial charge on any atom is -0.497 e. The van der Waals surface area contributed by atoms with E-state index in [0.717, 1.165) is 48.2 Å². The first-order valence-electron chi connectivity index (χ1n) is 13.7. The van der Waals surface area contributed by atoms with Crippen LogP contribution >= 0.6 is 0 Å². The number of methoxy groups -OCH3 is 1. The van der Waals surface area contributed by atoms with E-state index in [9.17, 15) is 9.90 Å². The van der Waals surface area contributed by atoms with Gasteiger partial charge < -0.3 is 24.2 Å². The number of ether oxygens (including phenoxy) is 1. The lowest BCUT2D eigenvalue weighted by Crippen LogP contribution is -2.67. The molecule has 7 nitrogen and oxygen atoms in total. The Bertz CT molecular complexity index is 1270. The van der Waals surface area contributed by atoms with Crippen LogP contribution in [0.25, 0.3) is 10.9 Å². The molecule has 7 heteroatoms. The Labute approximate surface area is 219 Å². The lowest BCUT2D eigenvalue weighted by molar-refractivity contribution is -0.138. The largest absolute Gasteiger partial charge is 0.497 e. The average Bonchev–Trinajstić information content (AvgIpc) is 3.21. The van der Waals surface area contributed by atoms with E-state index in [1.54, 1.807) is 13.3 Å². The Morgan fingerprint density at radius 1 is 1.14 bits per heavy atom. The highest BCUT2D eigenvalue weighted by Crippen LogP contribution is 2.50. The maximum Gasteiger partial charge on any atom is 0.229 e. The third kappa shape index (κ3) is 4.22. The number of pyridine rings is 1. The van der Waals surface area contributed by atoms with Crippen molar-refractivity contribution in [3.05, 3.63) is 59.5 Å². The third-order valence-electron chi connectivity index (χ3n) is 8.99. The molecule has 1 aromatic carbocycles. The lowest BCUT2D eigenvalue weighted by Gasteiger charge is -2.57. The van der Waals surface area contributed by atoms with Crippen molar-refractivity contribution in [2.24, 2.45) is 13.0 Å². The number of carbonyl (C=O) groups excluding carboxylic acids is 1. The van der Waals surface area contributed by atoms with Gasteiger partial charge in [0.25, 0.3) is 0 Å². The molecule has 1 saturated carbocycles. The molecule has 1 saturated heterocycles. The molecular formula is C30H38N4O3. The van der Waals surface area contributed by atoms with Gasteiger partial charge in [0, 0.05) is 67.7 Å². The van der Waals surface area contributed by atoms with Gasteiger partial charge in [-0.1, -0.05) is 25.3 Å². The second-order valence-corrected chi connectivity index (χ2v) is 11.4. The number of nitrogens with zero attached hydrogens (tertiary/aromatic N) is 4. The average molecular weight is 503 g/mol. The molecule has 2 aromatic heterocycles. The van der Waals surface area contributed by atoms with Crippen LogP contribution in [-0.4, -0.2) is 70.3 Å². The molecule has 1 atom stereocenters. The number of amides is 1. The SMILES string of the molecule is COc1ccc2c3c(n(C)c2c1)[C@H](CO)N(C(=O)Cc1ccccn1)CC31CN(CC2CCCCC2)C1. The van der Waals surface area contributed by atoms with E-state index in [4.69, 9.17) is 4.74 Å². The number of fused-ring (bicyclic) bond motifs is 4. The van der Waals surface area contributed by atoms with Crippen LogP contribution in [-0.2, 0) is 23.7 Å². The number of hydrogen-bond acceptors (Lipinski definition) is 5. The molecule has 1 amide bonds.